The summed E-state index contributed by atoms with van der Waals surface area (Å²) in [5, 5.41) is 0. The molecular formula is C16H24N2O3S. The Morgan fingerprint density at radius 1 is 1.36 bits per heavy atom. The monoisotopic (exact) mass is 324 g/mol. The highest BCUT2D eigenvalue weighted by molar-refractivity contribution is 7.89. The van der Waals surface area contributed by atoms with Gasteiger partial charge < -0.3 is 4.90 Å². The summed E-state index contributed by atoms with van der Waals surface area (Å²) >= 11 is 0. The van der Waals surface area contributed by atoms with Crippen LogP contribution in [-0.4, -0.2) is 26.4 Å². The molecule has 22 heavy (non-hydrogen) atoms. The van der Waals surface area contributed by atoms with Gasteiger partial charge in [-0.1, -0.05) is 6.92 Å². The molecule has 1 heterocycles. The molecule has 1 aliphatic heterocycles. The summed E-state index contributed by atoms with van der Waals surface area (Å²) in [6, 6.07) is 5.01. The molecule has 5 nitrogen and oxygen atoms in total. The van der Waals surface area contributed by atoms with Gasteiger partial charge in [0, 0.05) is 24.7 Å². The van der Waals surface area contributed by atoms with E-state index in [1.54, 1.807) is 23.1 Å². The van der Waals surface area contributed by atoms with Crippen LogP contribution in [0.1, 0.15) is 46.1 Å². The summed E-state index contributed by atoms with van der Waals surface area (Å²) in [5.41, 5.74) is 1.26. The molecule has 0 aliphatic carbocycles. The Labute approximate surface area is 132 Å². The van der Waals surface area contributed by atoms with Gasteiger partial charge in [-0.2, -0.15) is 0 Å². The van der Waals surface area contributed by atoms with Crippen LogP contribution in [0.4, 0.5) is 5.69 Å². The summed E-state index contributed by atoms with van der Waals surface area (Å²) < 4.78 is 27.8. The van der Waals surface area contributed by atoms with Gasteiger partial charge in [-0.15, -0.1) is 0 Å². The Bertz CT molecular complexity index is 681. The zero-order valence-electron chi connectivity index (χ0n) is 13.6. The van der Waals surface area contributed by atoms with Gasteiger partial charge in [-0.25, -0.2) is 13.1 Å². The van der Waals surface area contributed by atoms with Crippen molar-refractivity contribution in [2.45, 2.75) is 57.4 Å². The lowest BCUT2D eigenvalue weighted by molar-refractivity contribution is -0.116. The first-order valence-electron chi connectivity index (χ1n) is 7.61. The van der Waals surface area contributed by atoms with Crippen LogP contribution < -0.4 is 9.62 Å². The average molecular weight is 324 g/mol. The predicted molar refractivity (Wildman–Crippen MR) is 87.5 cm³/mol. The molecule has 122 valence electrons. The molecule has 0 bridgehead atoms. The molecule has 0 atom stereocenters. The maximum atomic E-state index is 12.5. The summed E-state index contributed by atoms with van der Waals surface area (Å²) in [6.45, 7) is 7.89. The zero-order valence-corrected chi connectivity index (χ0v) is 14.5. The van der Waals surface area contributed by atoms with E-state index in [4.69, 9.17) is 0 Å². The van der Waals surface area contributed by atoms with Crippen LogP contribution in [0.2, 0.25) is 0 Å². The number of carbonyl (C=O) groups excluding carboxylic acids is 1. The number of rotatable bonds is 4. The summed E-state index contributed by atoms with van der Waals surface area (Å²) in [6.07, 6.45) is 2.35. The lowest BCUT2D eigenvalue weighted by Gasteiger charge is -2.29. The minimum atomic E-state index is -3.55. The van der Waals surface area contributed by atoms with Gasteiger partial charge in [-0.05, 0) is 56.9 Å². The number of benzene rings is 1. The quantitative estimate of drug-likeness (QED) is 0.925. The summed E-state index contributed by atoms with van der Waals surface area (Å²) in [5.74, 6) is -0.0122. The molecule has 2 rings (SSSR count). The van der Waals surface area contributed by atoms with Crippen molar-refractivity contribution in [1.29, 1.82) is 0 Å². The molecule has 0 spiro atoms. The van der Waals surface area contributed by atoms with Crippen LogP contribution in [0.3, 0.4) is 0 Å². The molecule has 0 saturated heterocycles. The Kier molecular flexibility index (Phi) is 4.63. The third-order valence-electron chi connectivity index (χ3n) is 4.15. The smallest absolute Gasteiger partial charge is 0.241 e. The second-order valence-corrected chi connectivity index (χ2v) is 8.09. The number of nitrogens with zero attached hydrogens (tertiary/aromatic N) is 1. The molecule has 1 N–H and O–H groups in total. The van der Waals surface area contributed by atoms with Crippen molar-refractivity contribution >= 4 is 21.6 Å². The largest absolute Gasteiger partial charge is 0.312 e. The lowest BCUT2D eigenvalue weighted by Crippen LogP contribution is -2.42. The van der Waals surface area contributed by atoms with E-state index in [0.29, 0.717) is 13.0 Å². The van der Waals surface area contributed by atoms with Gasteiger partial charge in [0.1, 0.15) is 0 Å². The molecule has 0 unspecified atom stereocenters. The first kappa shape index (κ1) is 17.0. The maximum Gasteiger partial charge on any atom is 0.241 e. The zero-order chi connectivity index (χ0) is 16.5. The first-order chi connectivity index (χ1) is 10.2. The van der Waals surface area contributed by atoms with Crippen molar-refractivity contribution in [1.82, 2.24) is 4.72 Å². The van der Waals surface area contributed by atoms with Crippen molar-refractivity contribution in [3.8, 4) is 0 Å². The molecule has 1 amide bonds. The molecule has 0 fully saturated rings. The van der Waals surface area contributed by atoms with Crippen molar-refractivity contribution in [3.05, 3.63) is 23.8 Å². The van der Waals surface area contributed by atoms with Crippen molar-refractivity contribution in [2.24, 2.45) is 0 Å². The standard InChI is InChI=1S/C16H24N2O3S/c1-5-16(3,4)17-22(20,21)14-8-9-15-13(11-14)7-6-10-18(15)12(2)19/h8-9,11,17H,5-7,10H2,1-4H3. The molecule has 0 radical (unpaired) electrons. The van der Waals surface area contributed by atoms with Crippen LogP contribution in [-0.2, 0) is 21.2 Å². The summed E-state index contributed by atoms with van der Waals surface area (Å²) in [4.78, 5) is 13.6. The number of fused-ring (bicyclic) bond motifs is 1. The van der Waals surface area contributed by atoms with Crippen LogP contribution in [0.15, 0.2) is 23.1 Å². The topological polar surface area (TPSA) is 66.5 Å². The average Bonchev–Trinajstić information content (AvgIpc) is 2.44. The maximum absolute atomic E-state index is 12.5. The normalized spacial score (nSPS) is 15.5. The Hall–Kier alpha value is -1.40. The van der Waals surface area contributed by atoms with Gasteiger partial charge in [0.05, 0.1) is 4.90 Å². The van der Waals surface area contributed by atoms with E-state index in [1.165, 1.54) is 6.92 Å². The van der Waals surface area contributed by atoms with Crippen LogP contribution in [0, 0.1) is 0 Å². The second kappa shape index (κ2) is 6.01. The van der Waals surface area contributed by atoms with Gasteiger partial charge in [0.15, 0.2) is 0 Å². The number of amides is 1. The Balaban J connectivity index is 2.37. The van der Waals surface area contributed by atoms with E-state index in [9.17, 15) is 13.2 Å². The number of hydrogen-bond donors (Lipinski definition) is 1. The van der Waals surface area contributed by atoms with Crippen molar-refractivity contribution < 1.29 is 13.2 Å². The van der Waals surface area contributed by atoms with Crippen LogP contribution in [0.25, 0.3) is 0 Å². The number of carbonyl (C=O) groups is 1. The highest BCUT2D eigenvalue weighted by Crippen LogP contribution is 2.30. The Morgan fingerprint density at radius 3 is 2.64 bits per heavy atom. The van der Waals surface area contributed by atoms with Crippen molar-refractivity contribution in [3.63, 3.8) is 0 Å². The number of aryl methyl sites for hydroxylation is 1. The van der Waals surface area contributed by atoms with E-state index < -0.39 is 15.6 Å². The molecule has 6 heteroatoms. The van der Waals surface area contributed by atoms with Crippen LogP contribution >= 0.6 is 0 Å². The van der Waals surface area contributed by atoms with Crippen LogP contribution in [0.5, 0.6) is 0 Å². The predicted octanol–water partition coefficient (Wildman–Crippen LogP) is 2.45. The fraction of sp³-hybridized carbons (Fsp3) is 0.562. The van der Waals surface area contributed by atoms with Gasteiger partial charge in [0.25, 0.3) is 0 Å². The minimum absolute atomic E-state index is 0.0122. The number of nitrogens with one attached hydrogen (secondary N) is 1. The van der Waals surface area contributed by atoms with E-state index in [-0.39, 0.29) is 10.8 Å². The minimum Gasteiger partial charge on any atom is -0.312 e. The fourth-order valence-corrected chi connectivity index (χ4v) is 4.10. The molecule has 1 aromatic carbocycles. The molecule has 1 aromatic rings. The molecule has 0 saturated carbocycles. The first-order valence-corrected chi connectivity index (χ1v) is 9.09. The second-order valence-electron chi connectivity index (χ2n) is 6.41. The fourth-order valence-electron chi connectivity index (χ4n) is 2.56. The third kappa shape index (κ3) is 3.50. The number of sulfonamides is 1. The van der Waals surface area contributed by atoms with Gasteiger partial charge >= 0.3 is 0 Å². The SMILES string of the molecule is CCC(C)(C)NS(=O)(=O)c1ccc2c(c1)CCCN2C(C)=O. The van der Waals surface area contributed by atoms with E-state index in [0.717, 1.165) is 24.1 Å². The van der Waals surface area contributed by atoms with Gasteiger partial charge in [0.2, 0.25) is 15.9 Å². The van der Waals surface area contributed by atoms with Gasteiger partial charge in [-0.3, -0.25) is 4.79 Å². The van der Waals surface area contributed by atoms with E-state index in [2.05, 4.69) is 4.72 Å². The highest BCUT2D eigenvalue weighted by atomic mass is 32.2. The van der Waals surface area contributed by atoms with E-state index >= 15 is 0 Å². The van der Waals surface area contributed by atoms with Crippen molar-refractivity contribution in [2.75, 3.05) is 11.4 Å². The highest BCUT2D eigenvalue weighted by Gasteiger charge is 2.27. The summed E-state index contributed by atoms with van der Waals surface area (Å²) in [7, 11) is -3.55. The molecular weight excluding hydrogens is 300 g/mol. The molecule has 1 aliphatic rings. The number of anilines is 1. The van der Waals surface area contributed by atoms with E-state index in [1.807, 2.05) is 20.8 Å². The lowest BCUT2D eigenvalue weighted by atomic mass is 10.0. The number of hydrogen-bond acceptors (Lipinski definition) is 3. The Morgan fingerprint density at radius 2 is 2.05 bits per heavy atom. The molecule has 0 aromatic heterocycles. The third-order valence-corrected chi connectivity index (χ3v) is 5.85.